The molecule has 0 fully saturated rings. The summed E-state index contributed by atoms with van der Waals surface area (Å²) in [4.78, 5) is 21.6. The van der Waals surface area contributed by atoms with Crippen LogP contribution in [0.15, 0.2) is 42.5 Å². The van der Waals surface area contributed by atoms with Gasteiger partial charge in [0.15, 0.2) is 0 Å². The van der Waals surface area contributed by atoms with Crippen LogP contribution in [0, 0.1) is 0 Å². The van der Waals surface area contributed by atoms with Crippen LogP contribution in [0.25, 0.3) is 6.08 Å². The number of benzene rings is 1. The van der Waals surface area contributed by atoms with Gasteiger partial charge in [-0.2, -0.15) is 0 Å². The average molecular weight is 362 g/mol. The third-order valence-electron chi connectivity index (χ3n) is 3.05. The predicted molar refractivity (Wildman–Crippen MR) is 104 cm³/mol. The van der Waals surface area contributed by atoms with E-state index in [4.69, 9.17) is 9.47 Å². The summed E-state index contributed by atoms with van der Waals surface area (Å²) in [6, 6.07) is 7.55. The van der Waals surface area contributed by atoms with E-state index in [1.165, 1.54) is 13.2 Å². The van der Waals surface area contributed by atoms with Crippen molar-refractivity contribution in [1.82, 2.24) is 0 Å². The van der Waals surface area contributed by atoms with Gasteiger partial charge in [0, 0.05) is 11.6 Å². The second kappa shape index (κ2) is 14.8. The first kappa shape index (κ1) is 23.4. The minimum atomic E-state index is -0.355. The molecule has 0 bridgehead atoms. The average Bonchev–Trinajstić information content (AvgIpc) is 2.65. The Morgan fingerprint density at radius 2 is 1.73 bits per heavy atom. The molecule has 0 unspecified atom stereocenters. The van der Waals surface area contributed by atoms with Crippen molar-refractivity contribution in [2.75, 3.05) is 20.3 Å². The number of hydrogen-bond acceptors (Lipinski definition) is 5. The normalized spacial score (nSPS) is 9.85. The first-order chi connectivity index (χ1) is 12.4. The zero-order valence-corrected chi connectivity index (χ0v) is 16.2. The molecule has 0 atom stereocenters. The topological polar surface area (TPSA) is 61.8 Å². The highest BCUT2D eigenvalue weighted by Crippen LogP contribution is 2.13. The molecule has 0 aliphatic heterocycles. The van der Waals surface area contributed by atoms with Crippen molar-refractivity contribution < 1.29 is 23.8 Å². The lowest BCUT2D eigenvalue weighted by atomic mass is 10.2. The number of carbonyl (C=O) groups is 2. The maximum Gasteiger partial charge on any atom is 0.333 e. The molecule has 0 N–H and O–H groups in total. The molecule has 1 rings (SSSR count). The first-order valence-electron chi connectivity index (χ1n) is 8.76. The summed E-state index contributed by atoms with van der Waals surface area (Å²) < 4.78 is 14.7. The highest BCUT2D eigenvalue weighted by molar-refractivity contribution is 5.87. The highest BCUT2D eigenvalue weighted by atomic mass is 16.5. The van der Waals surface area contributed by atoms with Gasteiger partial charge >= 0.3 is 11.9 Å². The molecule has 0 saturated carbocycles. The molecule has 5 nitrogen and oxygen atoms in total. The summed E-state index contributed by atoms with van der Waals surface area (Å²) in [6.07, 6.45) is 6.06. The van der Waals surface area contributed by atoms with Gasteiger partial charge in [0.2, 0.25) is 0 Å². The predicted octanol–water partition coefficient (Wildman–Crippen LogP) is 4.57. The Balaban J connectivity index is 0.000000541. The molecule has 1 aromatic carbocycles. The molecule has 0 aromatic heterocycles. The van der Waals surface area contributed by atoms with Crippen molar-refractivity contribution >= 4 is 18.0 Å². The van der Waals surface area contributed by atoms with Gasteiger partial charge in [0.25, 0.3) is 0 Å². The number of methoxy groups -OCH3 is 1. The Morgan fingerprint density at radius 1 is 1.08 bits per heavy atom. The number of esters is 2. The van der Waals surface area contributed by atoms with Crippen LogP contribution >= 0.6 is 0 Å². The monoisotopic (exact) mass is 362 g/mol. The van der Waals surface area contributed by atoms with Crippen LogP contribution in [0.1, 0.15) is 45.6 Å². The van der Waals surface area contributed by atoms with Crippen LogP contribution in [0.5, 0.6) is 5.75 Å². The van der Waals surface area contributed by atoms with E-state index >= 15 is 0 Å². The van der Waals surface area contributed by atoms with E-state index in [2.05, 4.69) is 25.2 Å². The molecule has 0 saturated heterocycles. The lowest BCUT2D eigenvalue weighted by molar-refractivity contribution is -0.139. The Bertz CT molecular complexity index is 573. The van der Waals surface area contributed by atoms with Gasteiger partial charge in [-0.05, 0) is 43.5 Å². The Morgan fingerprint density at radius 3 is 2.23 bits per heavy atom. The summed E-state index contributed by atoms with van der Waals surface area (Å²) in [6.45, 7) is 10.5. The van der Waals surface area contributed by atoms with Crippen LogP contribution in [0.4, 0.5) is 0 Å². The largest absolute Gasteiger partial charge is 0.494 e. The molecule has 0 aliphatic rings. The Labute approximate surface area is 156 Å². The fourth-order valence-electron chi connectivity index (χ4n) is 1.56. The van der Waals surface area contributed by atoms with Gasteiger partial charge in [0.1, 0.15) is 5.75 Å². The maximum atomic E-state index is 10.9. The van der Waals surface area contributed by atoms with Gasteiger partial charge in [-0.1, -0.05) is 39.0 Å². The Hall–Kier alpha value is -2.56. The second-order valence-corrected chi connectivity index (χ2v) is 5.54. The van der Waals surface area contributed by atoms with Crippen molar-refractivity contribution in [3.8, 4) is 5.75 Å². The van der Waals surface area contributed by atoms with Gasteiger partial charge in [0.05, 0.1) is 20.3 Å². The molecule has 0 spiro atoms. The van der Waals surface area contributed by atoms with Crippen LogP contribution in [-0.4, -0.2) is 32.3 Å². The number of unbranched alkanes of at least 4 members (excludes halogenated alkanes) is 1. The van der Waals surface area contributed by atoms with Crippen molar-refractivity contribution in [2.45, 2.75) is 40.0 Å². The van der Waals surface area contributed by atoms with E-state index in [0.29, 0.717) is 12.2 Å². The van der Waals surface area contributed by atoms with E-state index in [9.17, 15) is 9.59 Å². The fourth-order valence-corrected chi connectivity index (χ4v) is 1.56. The summed E-state index contributed by atoms with van der Waals surface area (Å²) in [7, 11) is 1.36. The lowest BCUT2D eigenvalue weighted by Gasteiger charge is -2.03. The third kappa shape index (κ3) is 11.9. The smallest absolute Gasteiger partial charge is 0.333 e. The minimum Gasteiger partial charge on any atom is -0.494 e. The van der Waals surface area contributed by atoms with Crippen LogP contribution in [0.3, 0.4) is 0 Å². The van der Waals surface area contributed by atoms with Crippen LogP contribution in [-0.2, 0) is 19.1 Å². The van der Waals surface area contributed by atoms with Gasteiger partial charge in [-0.3, -0.25) is 0 Å². The van der Waals surface area contributed by atoms with E-state index in [0.717, 1.165) is 37.2 Å². The molecule has 1 aromatic rings. The molecule has 144 valence electrons. The zero-order chi connectivity index (χ0) is 19.8. The van der Waals surface area contributed by atoms with Crippen molar-refractivity contribution in [3.63, 3.8) is 0 Å². The number of hydrogen-bond donors (Lipinski definition) is 0. The van der Waals surface area contributed by atoms with Gasteiger partial charge in [-0.25, -0.2) is 9.59 Å². The lowest BCUT2D eigenvalue weighted by Crippen LogP contribution is -2.05. The van der Waals surface area contributed by atoms with E-state index < -0.39 is 0 Å². The quantitative estimate of drug-likeness (QED) is 0.366. The second-order valence-electron chi connectivity index (χ2n) is 5.54. The van der Waals surface area contributed by atoms with Crippen molar-refractivity contribution in [3.05, 3.63) is 48.1 Å². The molecule has 0 amide bonds. The molecule has 0 radical (unpaired) electrons. The van der Waals surface area contributed by atoms with E-state index in [1.807, 2.05) is 24.3 Å². The number of ether oxygens (including phenoxy) is 3. The third-order valence-corrected chi connectivity index (χ3v) is 3.05. The molecule has 5 heteroatoms. The molecule has 0 aliphatic carbocycles. The molecule has 26 heavy (non-hydrogen) atoms. The van der Waals surface area contributed by atoms with E-state index in [-0.39, 0.29) is 11.9 Å². The molecular formula is C21H30O5. The summed E-state index contributed by atoms with van der Waals surface area (Å²) in [5.41, 5.74) is 1.41. The summed E-state index contributed by atoms with van der Waals surface area (Å²) in [5.74, 6) is 0.205. The fraction of sp³-hybridized carbons (Fsp3) is 0.429. The zero-order valence-electron chi connectivity index (χ0n) is 16.2. The highest BCUT2D eigenvalue weighted by Gasteiger charge is 2.00. The maximum absolute atomic E-state index is 10.9. The van der Waals surface area contributed by atoms with Gasteiger partial charge in [-0.15, -0.1) is 0 Å². The standard InChI is InChI=1S/C13H16O3.C8H14O2/c1-3-10-16-12-7-4-11(5-8-12)6-9-13(14)15-2;1-4-5-6-10-8(9)7(2)3/h4-9H,3,10H2,1-2H3;2,4-6H2,1,3H3/b9-6+;. The first-order valence-corrected chi connectivity index (χ1v) is 8.76. The SMILES string of the molecule is C=C(C)C(=O)OCCCC.CCCOc1ccc(/C=C/C(=O)OC)cc1. The minimum absolute atomic E-state index is 0.284. The summed E-state index contributed by atoms with van der Waals surface area (Å²) >= 11 is 0. The number of rotatable bonds is 9. The molecule has 0 heterocycles. The van der Waals surface area contributed by atoms with Gasteiger partial charge < -0.3 is 14.2 Å². The molecular weight excluding hydrogens is 332 g/mol. The Kier molecular flexibility index (Phi) is 13.3. The van der Waals surface area contributed by atoms with Crippen LogP contribution < -0.4 is 4.74 Å². The number of carbonyl (C=O) groups excluding carboxylic acids is 2. The van der Waals surface area contributed by atoms with Crippen molar-refractivity contribution in [2.24, 2.45) is 0 Å². The van der Waals surface area contributed by atoms with E-state index in [1.54, 1.807) is 13.0 Å². The van der Waals surface area contributed by atoms with Crippen molar-refractivity contribution in [1.29, 1.82) is 0 Å². The summed E-state index contributed by atoms with van der Waals surface area (Å²) in [5, 5.41) is 0. The van der Waals surface area contributed by atoms with Crippen LogP contribution in [0.2, 0.25) is 0 Å².